The van der Waals surface area contributed by atoms with E-state index in [-0.39, 0.29) is 5.57 Å². The number of benzene rings is 3. The quantitative estimate of drug-likeness (QED) is 0.245. The lowest BCUT2D eigenvalue weighted by Gasteiger charge is -2.26. The van der Waals surface area contributed by atoms with Gasteiger partial charge in [0, 0.05) is 16.5 Å². The van der Waals surface area contributed by atoms with Crippen molar-refractivity contribution in [3.8, 4) is 11.5 Å². The van der Waals surface area contributed by atoms with Gasteiger partial charge < -0.3 is 9.47 Å². The van der Waals surface area contributed by atoms with Gasteiger partial charge in [0.25, 0.3) is 11.8 Å². The molecule has 1 N–H and O–H groups in total. The summed E-state index contributed by atoms with van der Waals surface area (Å²) in [5.41, 5.74) is 0.749. The molecule has 178 valence electrons. The van der Waals surface area contributed by atoms with E-state index in [0.29, 0.717) is 46.7 Å². The van der Waals surface area contributed by atoms with Crippen molar-refractivity contribution in [3.05, 3.63) is 94.0 Å². The van der Waals surface area contributed by atoms with Crippen molar-refractivity contribution in [2.24, 2.45) is 0 Å². The normalized spacial score (nSPS) is 14.7. The maximum atomic E-state index is 12.9. The van der Waals surface area contributed by atoms with Crippen LogP contribution in [-0.2, 0) is 9.59 Å². The zero-order valence-corrected chi connectivity index (χ0v) is 19.9. The number of rotatable bonds is 8. The highest BCUT2D eigenvalue weighted by molar-refractivity contribution is 6.39. The van der Waals surface area contributed by atoms with Crippen LogP contribution in [0.5, 0.6) is 11.5 Å². The molecule has 35 heavy (non-hydrogen) atoms. The Bertz CT molecular complexity index is 1260. The molecule has 9 heteroatoms. The maximum Gasteiger partial charge on any atom is 0.335 e. The molecule has 0 bridgehead atoms. The van der Waals surface area contributed by atoms with Crippen LogP contribution in [0, 0.1) is 0 Å². The molecule has 0 aromatic heterocycles. The van der Waals surface area contributed by atoms with Crippen LogP contribution in [-0.4, -0.2) is 31.1 Å². The van der Waals surface area contributed by atoms with Gasteiger partial charge >= 0.3 is 6.03 Å². The van der Waals surface area contributed by atoms with Crippen LogP contribution in [0.15, 0.2) is 78.4 Å². The Hall–Kier alpha value is -3.81. The van der Waals surface area contributed by atoms with E-state index in [2.05, 4.69) is 5.32 Å². The minimum absolute atomic E-state index is 0.160. The van der Waals surface area contributed by atoms with Gasteiger partial charge in [0.15, 0.2) is 0 Å². The first kappa shape index (κ1) is 24.3. The van der Waals surface area contributed by atoms with Gasteiger partial charge in [-0.1, -0.05) is 35.3 Å². The summed E-state index contributed by atoms with van der Waals surface area (Å²) in [5, 5.41) is 3.31. The molecule has 1 aliphatic heterocycles. The molecule has 0 atom stereocenters. The maximum absolute atomic E-state index is 12.9. The molecule has 0 saturated carbocycles. The summed E-state index contributed by atoms with van der Waals surface area (Å²) in [6, 6.07) is 19.4. The lowest BCUT2D eigenvalue weighted by molar-refractivity contribution is -0.122. The van der Waals surface area contributed by atoms with Crippen molar-refractivity contribution in [1.29, 1.82) is 0 Å². The van der Waals surface area contributed by atoms with Crippen LogP contribution in [0.25, 0.3) is 6.08 Å². The number of nitrogens with one attached hydrogen (secondary N) is 1. The molecule has 1 saturated heterocycles. The molecule has 1 fully saturated rings. The summed E-state index contributed by atoms with van der Waals surface area (Å²) in [5.74, 6) is -0.103. The first-order valence-electron chi connectivity index (χ1n) is 10.7. The number of hydrogen-bond donors (Lipinski definition) is 1. The minimum atomic E-state index is -0.816. The van der Waals surface area contributed by atoms with Crippen LogP contribution < -0.4 is 19.7 Å². The lowest BCUT2D eigenvalue weighted by Crippen LogP contribution is -2.54. The third-order valence-electron chi connectivity index (χ3n) is 5.02. The van der Waals surface area contributed by atoms with Crippen LogP contribution in [0.4, 0.5) is 10.5 Å². The van der Waals surface area contributed by atoms with Crippen LogP contribution >= 0.6 is 23.2 Å². The highest BCUT2D eigenvalue weighted by Crippen LogP contribution is 2.24. The average molecular weight is 511 g/mol. The Labute approximate surface area is 211 Å². The van der Waals surface area contributed by atoms with E-state index in [1.54, 1.807) is 60.7 Å². The Balaban J connectivity index is 1.35. The van der Waals surface area contributed by atoms with Crippen molar-refractivity contribution in [2.75, 3.05) is 18.1 Å². The van der Waals surface area contributed by atoms with E-state index in [1.165, 1.54) is 18.2 Å². The molecule has 0 aliphatic carbocycles. The van der Waals surface area contributed by atoms with Crippen molar-refractivity contribution >= 4 is 52.8 Å². The number of anilines is 1. The van der Waals surface area contributed by atoms with Gasteiger partial charge in [-0.15, -0.1) is 0 Å². The number of carbonyl (C=O) groups is 3. The molecule has 7 nitrogen and oxygen atoms in total. The average Bonchev–Trinajstić information content (AvgIpc) is 2.84. The molecule has 3 aromatic rings. The van der Waals surface area contributed by atoms with Gasteiger partial charge in [0.1, 0.15) is 17.1 Å². The number of imide groups is 2. The number of nitrogens with zero attached hydrogens (tertiary/aromatic N) is 1. The van der Waals surface area contributed by atoms with E-state index >= 15 is 0 Å². The van der Waals surface area contributed by atoms with Gasteiger partial charge in [-0.3, -0.25) is 14.9 Å². The van der Waals surface area contributed by atoms with E-state index in [4.69, 9.17) is 32.7 Å². The van der Waals surface area contributed by atoms with Crippen molar-refractivity contribution in [3.63, 3.8) is 0 Å². The Morgan fingerprint density at radius 2 is 1.26 bits per heavy atom. The highest BCUT2D eigenvalue weighted by atomic mass is 35.5. The van der Waals surface area contributed by atoms with E-state index < -0.39 is 17.8 Å². The fourth-order valence-electron chi connectivity index (χ4n) is 3.28. The number of hydrogen-bond acceptors (Lipinski definition) is 5. The summed E-state index contributed by atoms with van der Waals surface area (Å²) in [6.45, 7) is 0.943. The Morgan fingerprint density at radius 1 is 0.743 bits per heavy atom. The second-order valence-electron chi connectivity index (χ2n) is 7.51. The number of amides is 4. The highest BCUT2D eigenvalue weighted by Gasteiger charge is 2.36. The Morgan fingerprint density at radius 3 is 1.83 bits per heavy atom. The van der Waals surface area contributed by atoms with Crippen molar-refractivity contribution in [1.82, 2.24) is 5.32 Å². The van der Waals surface area contributed by atoms with Crippen LogP contribution in [0.1, 0.15) is 12.0 Å². The van der Waals surface area contributed by atoms with Crippen molar-refractivity contribution < 1.29 is 23.9 Å². The minimum Gasteiger partial charge on any atom is -0.493 e. The van der Waals surface area contributed by atoms with Crippen LogP contribution in [0.3, 0.4) is 0 Å². The third-order valence-corrected chi connectivity index (χ3v) is 5.52. The number of urea groups is 1. The van der Waals surface area contributed by atoms with Crippen LogP contribution in [0.2, 0.25) is 10.0 Å². The molecule has 3 aromatic carbocycles. The van der Waals surface area contributed by atoms with Gasteiger partial charge in [0.05, 0.1) is 18.9 Å². The second-order valence-corrected chi connectivity index (χ2v) is 8.38. The molecular formula is C26H20Cl2N2O5. The van der Waals surface area contributed by atoms with Crippen molar-refractivity contribution in [2.45, 2.75) is 6.42 Å². The third kappa shape index (κ3) is 6.20. The number of barbiturate groups is 1. The Kier molecular flexibility index (Phi) is 7.70. The molecule has 0 unspecified atom stereocenters. The smallest absolute Gasteiger partial charge is 0.335 e. The van der Waals surface area contributed by atoms with Gasteiger partial charge in [-0.25, -0.2) is 9.69 Å². The summed E-state index contributed by atoms with van der Waals surface area (Å²) in [7, 11) is 0. The molecule has 0 radical (unpaired) electrons. The van der Waals surface area contributed by atoms with Gasteiger partial charge in [-0.2, -0.15) is 0 Å². The second kappa shape index (κ2) is 11.1. The summed E-state index contributed by atoms with van der Waals surface area (Å²) in [4.78, 5) is 38.4. The van der Waals surface area contributed by atoms with Gasteiger partial charge in [0.2, 0.25) is 0 Å². The summed E-state index contributed by atoms with van der Waals surface area (Å²) in [6.07, 6.45) is 2.11. The number of ether oxygens (including phenoxy) is 2. The molecule has 0 spiro atoms. The van der Waals surface area contributed by atoms with Gasteiger partial charge in [-0.05, 0) is 72.3 Å². The molecule has 1 aliphatic rings. The largest absolute Gasteiger partial charge is 0.493 e. The lowest BCUT2D eigenvalue weighted by atomic mass is 10.1. The first-order chi connectivity index (χ1) is 16.9. The zero-order chi connectivity index (χ0) is 24.8. The van der Waals surface area contributed by atoms with E-state index in [9.17, 15) is 14.4 Å². The molecule has 4 rings (SSSR count). The van der Waals surface area contributed by atoms with E-state index in [0.717, 1.165) is 10.6 Å². The number of halogens is 2. The number of carbonyl (C=O) groups excluding carboxylic acids is 3. The SMILES string of the molecule is O=C1NC(=O)N(c2ccc(Cl)cc2)C(=O)/C1=C\c1ccc(OCCCOc2ccc(Cl)cc2)cc1. The standard InChI is InChI=1S/C26H20Cl2N2O5/c27-18-4-8-20(9-5-18)30-25(32)23(24(31)29-26(30)33)16-17-2-10-21(11-3-17)34-14-1-15-35-22-12-6-19(28)7-13-22/h2-13,16H,1,14-15H2,(H,29,31,33)/b23-16-. The fourth-order valence-corrected chi connectivity index (χ4v) is 3.53. The summed E-state index contributed by atoms with van der Waals surface area (Å²) < 4.78 is 11.3. The molecule has 1 heterocycles. The molecular weight excluding hydrogens is 491 g/mol. The predicted molar refractivity (Wildman–Crippen MR) is 134 cm³/mol. The monoisotopic (exact) mass is 510 g/mol. The molecule has 4 amide bonds. The predicted octanol–water partition coefficient (Wildman–Crippen LogP) is 5.51. The topological polar surface area (TPSA) is 84.9 Å². The zero-order valence-electron chi connectivity index (χ0n) is 18.4. The fraction of sp³-hybridized carbons (Fsp3) is 0.115. The first-order valence-corrected chi connectivity index (χ1v) is 11.4. The summed E-state index contributed by atoms with van der Waals surface area (Å²) >= 11 is 11.7. The van der Waals surface area contributed by atoms with E-state index in [1.807, 2.05) is 0 Å².